The average Bonchev–Trinajstić information content (AvgIpc) is 2.21. The first-order valence-corrected chi connectivity index (χ1v) is 5.17. The number of likely N-dealkylation sites (N-methyl/N-ethyl adjacent to an activating group) is 2. The van der Waals surface area contributed by atoms with Crippen LogP contribution in [0.2, 0.25) is 0 Å². The van der Waals surface area contributed by atoms with Crippen LogP contribution in [0.1, 0.15) is 13.3 Å². The Labute approximate surface area is 86.2 Å². The summed E-state index contributed by atoms with van der Waals surface area (Å²) in [5, 5.41) is 3.29. The molecule has 0 aromatic heterocycles. The van der Waals surface area contributed by atoms with E-state index in [0.29, 0.717) is 6.04 Å². The maximum Gasteiger partial charge on any atom is 0.241 e. The molecule has 1 fully saturated rings. The molecular formula is C10H21N3O. The summed E-state index contributed by atoms with van der Waals surface area (Å²) in [6, 6.07) is 0.308. The minimum Gasteiger partial charge on any atom is -0.342 e. The third kappa shape index (κ3) is 2.69. The molecule has 0 radical (unpaired) electrons. The van der Waals surface area contributed by atoms with Gasteiger partial charge in [0.1, 0.15) is 0 Å². The van der Waals surface area contributed by atoms with Crippen molar-refractivity contribution in [1.82, 2.24) is 15.1 Å². The SMILES string of the molecule is CC1CCNC(CN(C)C)C(=O)N1C. The van der Waals surface area contributed by atoms with Gasteiger partial charge < -0.3 is 15.1 Å². The van der Waals surface area contributed by atoms with Crippen LogP contribution in [-0.4, -0.2) is 62.0 Å². The van der Waals surface area contributed by atoms with Gasteiger partial charge in [-0.05, 0) is 34.0 Å². The van der Waals surface area contributed by atoms with Crippen molar-refractivity contribution in [3.05, 3.63) is 0 Å². The lowest BCUT2D eigenvalue weighted by atomic mass is 10.2. The van der Waals surface area contributed by atoms with E-state index in [1.54, 1.807) is 0 Å². The number of amides is 1. The Bertz CT molecular complexity index is 206. The molecule has 1 aliphatic rings. The summed E-state index contributed by atoms with van der Waals surface area (Å²) < 4.78 is 0. The second-order valence-electron chi connectivity index (χ2n) is 4.36. The van der Waals surface area contributed by atoms with E-state index in [2.05, 4.69) is 12.2 Å². The van der Waals surface area contributed by atoms with Gasteiger partial charge in [-0.1, -0.05) is 0 Å². The van der Waals surface area contributed by atoms with Gasteiger partial charge in [0.2, 0.25) is 5.91 Å². The molecule has 1 N–H and O–H groups in total. The molecule has 82 valence electrons. The third-order valence-electron chi connectivity index (χ3n) is 2.81. The van der Waals surface area contributed by atoms with Crippen LogP contribution in [0.5, 0.6) is 0 Å². The molecule has 1 saturated heterocycles. The van der Waals surface area contributed by atoms with Crippen LogP contribution in [0.25, 0.3) is 0 Å². The first-order chi connectivity index (χ1) is 6.52. The molecule has 4 heteroatoms. The lowest BCUT2D eigenvalue weighted by molar-refractivity contribution is -0.133. The zero-order valence-corrected chi connectivity index (χ0v) is 9.58. The van der Waals surface area contributed by atoms with Gasteiger partial charge in [0.25, 0.3) is 0 Å². The average molecular weight is 199 g/mol. The molecule has 0 aromatic rings. The summed E-state index contributed by atoms with van der Waals surface area (Å²) in [5.74, 6) is 0.212. The second-order valence-corrected chi connectivity index (χ2v) is 4.36. The van der Waals surface area contributed by atoms with Crippen LogP contribution in [0, 0.1) is 0 Å². The van der Waals surface area contributed by atoms with Gasteiger partial charge in [-0.3, -0.25) is 4.79 Å². The summed E-state index contributed by atoms with van der Waals surface area (Å²) in [7, 11) is 5.87. The highest BCUT2D eigenvalue weighted by atomic mass is 16.2. The van der Waals surface area contributed by atoms with Gasteiger partial charge in [0.05, 0.1) is 6.04 Å². The highest BCUT2D eigenvalue weighted by Gasteiger charge is 2.27. The highest BCUT2D eigenvalue weighted by Crippen LogP contribution is 2.08. The molecule has 14 heavy (non-hydrogen) atoms. The number of hydrogen-bond acceptors (Lipinski definition) is 3. The van der Waals surface area contributed by atoms with Crippen LogP contribution < -0.4 is 5.32 Å². The normalized spacial score (nSPS) is 29.5. The molecule has 1 heterocycles. The molecule has 0 spiro atoms. The summed E-state index contributed by atoms with van der Waals surface area (Å²) >= 11 is 0. The van der Waals surface area contributed by atoms with Gasteiger partial charge in [-0.2, -0.15) is 0 Å². The van der Waals surface area contributed by atoms with Crippen molar-refractivity contribution in [1.29, 1.82) is 0 Å². The Hall–Kier alpha value is -0.610. The Kier molecular flexibility index (Phi) is 3.89. The fourth-order valence-electron chi connectivity index (χ4n) is 1.72. The fourth-order valence-corrected chi connectivity index (χ4v) is 1.72. The Balaban J connectivity index is 2.63. The van der Waals surface area contributed by atoms with Crippen molar-refractivity contribution < 1.29 is 4.79 Å². The van der Waals surface area contributed by atoms with Crippen molar-refractivity contribution in [3.8, 4) is 0 Å². The van der Waals surface area contributed by atoms with Crippen molar-refractivity contribution in [2.24, 2.45) is 0 Å². The number of carbonyl (C=O) groups excluding carboxylic acids is 1. The van der Waals surface area contributed by atoms with E-state index in [1.165, 1.54) is 0 Å². The first kappa shape index (κ1) is 11.5. The monoisotopic (exact) mass is 199 g/mol. The smallest absolute Gasteiger partial charge is 0.241 e. The predicted octanol–water partition coefficient (Wildman–Crippen LogP) is -0.243. The van der Waals surface area contributed by atoms with Crippen molar-refractivity contribution in [2.75, 3.05) is 34.2 Å². The highest BCUT2D eigenvalue weighted by molar-refractivity contribution is 5.82. The fraction of sp³-hybridized carbons (Fsp3) is 0.900. The Morgan fingerprint density at radius 2 is 2.21 bits per heavy atom. The first-order valence-electron chi connectivity index (χ1n) is 5.17. The van der Waals surface area contributed by atoms with E-state index in [1.807, 2.05) is 30.9 Å². The number of carbonyl (C=O) groups is 1. The maximum absolute atomic E-state index is 11.9. The largest absolute Gasteiger partial charge is 0.342 e. The van der Waals surface area contributed by atoms with Gasteiger partial charge in [0.15, 0.2) is 0 Å². The van der Waals surface area contributed by atoms with Gasteiger partial charge in [-0.15, -0.1) is 0 Å². The van der Waals surface area contributed by atoms with Crippen LogP contribution in [-0.2, 0) is 4.79 Å². The molecule has 0 aliphatic carbocycles. The predicted molar refractivity (Wildman–Crippen MR) is 57.2 cm³/mol. The van der Waals surface area contributed by atoms with E-state index in [0.717, 1.165) is 19.5 Å². The quantitative estimate of drug-likeness (QED) is 0.666. The second kappa shape index (κ2) is 4.75. The van der Waals surface area contributed by atoms with E-state index in [4.69, 9.17) is 0 Å². The summed E-state index contributed by atoms with van der Waals surface area (Å²) in [4.78, 5) is 15.8. The molecule has 2 atom stereocenters. The number of rotatable bonds is 2. The van der Waals surface area contributed by atoms with Crippen molar-refractivity contribution >= 4 is 5.91 Å². The van der Waals surface area contributed by atoms with Crippen molar-refractivity contribution in [2.45, 2.75) is 25.4 Å². The van der Waals surface area contributed by atoms with E-state index in [9.17, 15) is 4.79 Å². The Morgan fingerprint density at radius 1 is 1.57 bits per heavy atom. The molecule has 2 unspecified atom stereocenters. The molecule has 1 rings (SSSR count). The van der Waals surface area contributed by atoms with Gasteiger partial charge in [0, 0.05) is 19.6 Å². The molecule has 1 amide bonds. The zero-order chi connectivity index (χ0) is 10.7. The summed E-state index contributed by atoms with van der Waals surface area (Å²) in [6.07, 6.45) is 1.03. The van der Waals surface area contributed by atoms with Crippen LogP contribution >= 0.6 is 0 Å². The number of nitrogens with one attached hydrogen (secondary N) is 1. The number of nitrogens with zero attached hydrogens (tertiary/aromatic N) is 2. The zero-order valence-electron chi connectivity index (χ0n) is 9.58. The number of hydrogen-bond donors (Lipinski definition) is 1. The maximum atomic E-state index is 11.9. The molecular weight excluding hydrogens is 178 g/mol. The topological polar surface area (TPSA) is 35.6 Å². The molecule has 0 saturated carbocycles. The van der Waals surface area contributed by atoms with E-state index >= 15 is 0 Å². The lowest BCUT2D eigenvalue weighted by Gasteiger charge is -2.26. The molecule has 0 bridgehead atoms. The Morgan fingerprint density at radius 3 is 2.79 bits per heavy atom. The van der Waals surface area contributed by atoms with Gasteiger partial charge in [-0.25, -0.2) is 0 Å². The van der Waals surface area contributed by atoms with Crippen LogP contribution in [0.4, 0.5) is 0 Å². The van der Waals surface area contributed by atoms with Crippen molar-refractivity contribution in [3.63, 3.8) is 0 Å². The summed E-state index contributed by atoms with van der Waals surface area (Å²) in [5.41, 5.74) is 0. The lowest BCUT2D eigenvalue weighted by Crippen LogP contribution is -2.48. The van der Waals surface area contributed by atoms with Crippen LogP contribution in [0.15, 0.2) is 0 Å². The third-order valence-corrected chi connectivity index (χ3v) is 2.81. The summed E-state index contributed by atoms with van der Waals surface area (Å²) in [6.45, 7) is 3.79. The minimum absolute atomic E-state index is 0.0417. The van der Waals surface area contributed by atoms with E-state index < -0.39 is 0 Å². The molecule has 4 nitrogen and oxygen atoms in total. The van der Waals surface area contributed by atoms with Gasteiger partial charge >= 0.3 is 0 Å². The standard InChI is InChI=1S/C10H21N3O/c1-8-5-6-11-9(7-12(2)3)10(14)13(8)4/h8-9,11H,5-7H2,1-4H3. The minimum atomic E-state index is -0.0417. The molecule has 1 aliphatic heterocycles. The van der Waals surface area contributed by atoms with Crippen LogP contribution in [0.3, 0.4) is 0 Å². The molecule has 0 aromatic carbocycles. The van der Waals surface area contributed by atoms with E-state index in [-0.39, 0.29) is 11.9 Å².